The molecule has 0 unspecified atom stereocenters. The SMILES string of the molecule is CCCc1noc(-c2cc(N)cc(Br)c2)n1. The van der Waals surface area contributed by atoms with E-state index in [9.17, 15) is 0 Å². The third-order valence-corrected chi connectivity index (χ3v) is 2.57. The minimum absolute atomic E-state index is 0.511. The molecule has 0 saturated heterocycles. The van der Waals surface area contributed by atoms with Crippen molar-refractivity contribution in [1.82, 2.24) is 10.1 Å². The Bertz CT molecular complexity index is 475. The summed E-state index contributed by atoms with van der Waals surface area (Å²) in [7, 11) is 0. The molecule has 2 rings (SSSR count). The summed E-state index contributed by atoms with van der Waals surface area (Å²) in [4.78, 5) is 4.30. The first-order valence-electron chi connectivity index (χ1n) is 5.08. The predicted molar refractivity (Wildman–Crippen MR) is 65.8 cm³/mol. The van der Waals surface area contributed by atoms with Crippen LogP contribution in [0.1, 0.15) is 19.2 Å². The van der Waals surface area contributed by atoms with Crippen molar-refractivity contribution >= 4 is 21.6 Å². The van der Waals surface area contributed by atoms with E-state index in [-0.39, 0.29) is 0 Å². The summed E-state index contributed by atoms with van der Waals surface area (Å²) in [5.74, 6) is 1.24. The first-order chi connectivity index (χ1) is 7.69. The van der Waals surface area contributed by atoms with Gasteiger partial charge >= 0.3 is 0 Å². The predicted octanol–water partition coefficient (Wildman–Crippen LogP) is 3.03. The Morgan fingerprint density at radius 3 is 2.88 bits per heavy atom. The van der Waals surface area contributed by atoms with Gasteiger partial charge in [0, 0.05) is 22.1 Å². The Balaban J connectivity index is 2.34. The number of hydrogen-bond donors (Lipinski definition) is 1. The van der Waals surface area contributed by atoms with Crippen molar-refractivity contribution in [2.45, 2.75) is 19.8 Å². The lowest BCUT2D eigenvalue weighted by Crippen LogP contribution is -1.88. The second-order valence-electron chi connectivity index (χ2n) is 3.54. The number of nitrogen functional groups attached to an aromatic ring is 1. The normalized spacial score (nSPS) is 10.6. The molecule has 2 aromatic rings. The molecule has 1 heterocycles. The van der Waals surface area contributed by atoms with E-state index in [1.165, 1.54) is 0 Å². The van der Waals surface area contributed by atoms with E-state index in [2.05, 4.69) is 33.0 Å². The van der Waals surface area contributed by atoms with Crippen molar-refractivity contribution in [2.24, 2.45) is 0 Å². The lowest BCUT2D eigenvalue weighted by atomic mass is 10.2. The van der Waals surface area contributed by atoms with Crippen molar-refractivity contribution in [1.29, 1.82) is 0 Å². The largest absolute Gasteiger partial charge is 0.399 e. The fourth-order valence-corrected chi connectivity index (χ4v) is 1.94. The molecule has 4 nitrogen and oxygen atoms in total. The molecule has 0 fully saturated rings. The number of aryl methyl sites for hydroxylation is 1. The summed E-state index contributed by atoms with van der Waals surface area (Å²) in [6, 6.07) is 5.54. The highest BCUT2D eigenvalue weighted by Crippen LogP contribution is 2.25. The van der Waals surface area contributed by atoms with Crippen LogP contribution < -0.4 is 5.73 Å². The van der Waals surface area contributed by atoms with Gasteiger partial charge in [0.1, 0.15) is 0 Å². The summed E-state index contributed by atoms with van der Waals surface area (Å²) >= 11 is 3.38. The van der Waals surface area contributed by atoms with E-state index < -0.39 is 0 Å². The van der Waals surface area contributed by atoms with Gasteiger partial charge in [0.2, 0.25) is 0 Å². The fraction of sp³-hybridized carbons (Fsp3) is 0.273. The van der Waals surface area contributed by atoms with Gasteiger partial charge in [0.25, 0.3) is 5.89 Å². The van der Waals surface area contributed by atoms with E-state index in [4.69, 9.17) is 10.3 Å². The van der Waals surface area contributed by atoms with Gasteiger partial charge in [-0.3, -0.25) is 0 Å². The maximum Gasteiger partial charge on any atom is 0.258 e. The van der Waals surface area contributed by atoms with Crippen LogP contribution in [-0.4, -0.2) is 10.1 Å². The van der Waals surface area contributed by atoms with Gasteiger partial charge in [-0.05, 0) is 24.6 Å². The molecule has 16 heavy (non-hydrogen) atoms. The van der Waals surface area contributed by atoms with Crippen LogP contribution in [0.5, 0.6) is 0 Å². The summed E-state index contributed by atoms with van der Waals surface area (Å²) in [6.45, 7) is 2.08. The Morgan fingerprint density at radius 1 is 1.38 bits per heavy atom. The van der Waals surface area contributed by atoms with Crippen LogP contribution in [0.25, 0.3) is 11.5 Å². The monoisotopic (exact) mass is 281 g/mol. The molecular formula is C11H12BrN3O. The van der Waals surface area contributed by atoms with Crippen molar-refractivity contribution in [2.75, 3.05) is 5.73 Å². The van der Waals surface area contributed by atoms with E-state index in [0.717, 1.165) is 28.7 Å². The Kier molecular flexibility index (Phi) is 3.24. The van der Waals surface area contributed by atoms with Gasteiger partial charge in [0.15, 0.2) is 5.82 Å². The number of anilines is 1. The molecular weight excluding hydrogens is 270 g/mol. The second kappa shape index (κ2) is 4.65. The Morgan fingerprint density at radius 2 is 2.19 bits per heavy atom. The average molecular weight is 282 g/mol. The van der Waals surface area contributed by atoms with E-state index >= 15 is 0 Å². The average Bonchev–Trinajstić information content (AvgIpc) is 2.65. The third-order valence-electron chi connectivity index (χ3n) is 2.11. The standard InChI is InChI=1S/C11H12BrN3O/c1-2-3-10-14-11(16-15-10)7-4-8(12)6-9(13)5-7/h4-6H,2-3,13H2,1H3. The molecule has 0 aliphatic heterocycles. The van der Waals surface area contributed by atoms with Gasteiger partial charge in [-0.2, -0.15) is 4.98 Å². The smallest absolute Gasteiger partial charge is 0.258 e. The summed E-state index contributed by atoms with van der Waals surface area (Å²) in [5, 5.41) is 3.90. The van der Waals surface area contributed by atoms with Crippen LogP contribution >= 0.6 is 15.9 Å². The lowest BCUT2D eigenvalue weighted by Gasteiger charge is -1.98. The minimum Gasteiger partial charge on any atom is -0.399 e. The van der Waals surface area contributed by atoms with Crippen molar-refractivity contribution in [3.63, 3.8) is 0 Å². The first kappa shape index (κ1) is 11.1. The van der Waals surface area contributed by atoms with Crippen LogP contribution in [0.4, 0.5) is 5.69 Å². The maximum absolute atomic E-state index is 5.74. The third kappa shape index (κ3) is 2.41. The van der Waals surface area contributed by atoms with E-state index in [0.29, 0.717) is 11.6 Å². The topological polar surface area (TPSA) is 64.9 Å². The van der Waals surface area contributed by atoms with Gasteiger partial charge in [-0.15, -0.1) is 0 Å². The lowest BCUT2D eigenvalue weighted by molar-refractivity contribution is 0.422. The number of nitrogens with two attached hydrogens (primary N) is 1. The summed E-state index contributed by atoms with van der Waals surface area (Å²) < 4.78 is 6.08. The van der Waals surface area contributed by atoms with Gasteiger partial charge in [0.05, 0.1) is 0 Å². The van der Waals surface area contributed by atoms with Gasteiger partial charge < -0.3 is 10.3 Å². The zero-order chi connectivity index (χ0) is 11.5. The zero-order valence-corrected chi connectivity index (χ0v) is 10.5. The highest BCUT2D eigenvalue weighted by atomic mass is 79.9. The van der Waals surface area contributed by atoms with Crippen LogP contribution in [0.15, 0.2) is 27.2 Å². The van der Waals surface area contributed by atoms with E-state index in [1.807, 2.05) is 18.2 Å². The fourth-order valence-electron chi connectivity index (χ4n) is 1.43. The first-order valence-corrected chi connectivity index (χ1v) is 5.87. The molecule has 5 heteroatoms. The molecule has 0 aliphatic carbocycles. The summed E-state index contributed by atoms with van der Waals surface area (Å²) in [6.07, 6.45) is 1.83. The molecule has 0 spiro atoms. The second-order valence-corrected chi connectivity index (χ2v) is 4.45. The maximum atomic E-state index is 5.74. The summed E-state index contributed by atoms with van der Waals surface area (Å²) in [5.41, 5.74) is 7.24. The molecule has 0 atom stereocenters. The molecule has 0 radical (unpaired) electrons. The molecule has 84 valence electrons. The molecule has 0 aliphatic rings. The van der Waals surface area contributed by atoms with Crippen LogP contribution in [-0.2, 0) is 6.42 Å². The number of rotatable bonds is 3. The number of nitrogens with zero attached hydrogens (tertiary/aromatic N) is 2. The Labute approximate surface area is 102 Å². The van der Waals surface area contributed by atoms with Crippen molar-refractivity contribution < 1.29 is 4.52 Å². The van der Waals surface area contributed by atoms with Crippen LogP contribution in [0, 0.1) is 0 Å². The van der Waals surface area contributed by atoms with Crippen molar-refractivity contribution in [3.05, 3.63) is 28.5 Å². The highest BCUT2D eigenvalue weighted by molar-refractivity contribution is 9.10. The van der Waals surface area contributed by atoms with Crippen LogP contribution in [0.3, 0.4) is 0 Å². The van der Waals surface area contributed by atoms with Gasteiger partial charge in [-0.1, -0.05) is 28.0 Å². The number of hydrogen-bond acceptors (Lipinski definition) is 4. The minimum atomic E-state index is 0.511. The van der Waals surface area contributed by atoms with Crippen LogP contribution in [0.2, 0.25) is 0 Å². The number of aromatic nitrogens is 2. The van der Waals surface area contributed by atoms with Gasteiger partial charge in [-0.25, -0.2) is 0 Å². The molecule has 0 saturated carbocycles. The molecule has 0 amide bonds. The van der Waals surface area contributed by atoms with Crippen molar-refractivity contribution in [3.8, 4) is 11.5 Å². The van der Waals surface area contributed by atoms with E-state index in [1.54, 1.807) is 0 Å². The molecule has 0 bridgehead atoms. The number of halogens is 1. The molecule has 1 aromatic heterocycles. The highest BCUT2D eigenvalue weighted by Gasteiger charge is 2.09. The quantitative estimate of drug-likeness (QED) is 0.879. The molecule has 2 N–H and O–H groups in total. The zero-order valence-electron chi connectivity index (χ0n) is 8.90. The Hall–Kier alpha value is -1.36. The number of benzene rings is 1. The molecule has 1 aromatic carbocycles.